The van der Waals surface area contributed by atoms with Crippen LogP contribution in [0.25, 0.3) is 16.7 Å². The first-order chi connectivity index (χ1) is 15.0. The van der Waals surface area contributed by atoms with Gasteiger partial charge >= 0.3 is 6.16 Å². The largest absolute Gasteiger partial charge is 0.514 e. The fourth-order valence-corrected chi connectivity index (χ4v) is 3.08. The maximum Gasteiger partial charge on any atom is 0.514 e. The number of hydrogen-bond acceptors (Lipinski definition) is 7. The van der Waals surface area contributed by atoms with Gasteiger partial charge in [0.25, 0.3) is 0 Å². The Bertz CT molecular complexity index is 1310. The molecule has 3 aromatic heterocycles. The van der Waals surface area contributed by atoms with Crippen LogP contribution < -0.4 is 10.2 Å². The van der Waals surface area contributed by atoms with E-state index in [1.165, 1.54) is 17.1 Å². The molecule has 11 heteroatoms. The summed E-state index contributed by atoms with van der Waals surface area (Å²) in [7, 11) is 0. The van der Waals surface area contributed by atoms with Crippen LogP contribution in [0.2, 0.25) is 5.15 Å². The highest BCUT2D eigenvalue weighted by Gasteiger charge is 2.18. The van der Waals surface area contributed by atoms with Gasteiger partial charge in [-0.05, 0) is 30.7 Å². The molecule has 0 N–H and O–H groups in total. The highest BCUT2D eigenvalue weighted by Crippen LogP contribution is 2.23. The summed E-state index contributed by atoms with van der Waals surface area (Å²) in [4.78, 5) is 32.4. The monoisotopic (exact) mass is 443 g/mol. The van der Waals surface area contributed by atoms with E-state index in [2.05, 4.69) is 15.1 Å². The molecule has 0 atom stereocenters. The van der Waals surface area contributed by atoms with Crippen molar-refractivity contribution < 1.29 is 18.7 Å². The van der Waals surface area contributed by atoms with Crippen molar-refractivity contribution in [1.29, 1.82) is 0 Å². The molecule has 0 amide bonds. The van der Waals surface area contributed by atoms with Gasteiger partial charge < -0.3 is 9.47 Å². The van der Waals surface area contributed by atoms with Gasteiger partial charge in [0.15, 0.2) is 22.4 Å². The van der Waals surface area contributed by atoms with E-state index in [0.29, 0.717) is 12.2 Å². The highest BCUT2D eigenvalue weighted by atomic mass is 35.5. The average Bonchev–Trinajstić information content (AvgIpc) is 3.25. The summed E-state index contributed by atoms with van der Waals surface area (Å²) in [6, 6.07) is 8.18. The lowest BCUT2D eigenvalue weighted by Crippen LogP contribution is -2.19. The maximum absolute atomic E-state index is 14.0. The number of carbonyl (C=O) groups is 1. The summed E-state index contributed by atoms with van der Waals surface area (Å²) >= 11 is 5.85. The van der Waals surface area contributed by atoms with Gasteiger partial charge in [-0.25, -0.2) is 23.8 Å². The molecule has 0 saturated heterocycles. The lowest BCUT2D eigenvalue weighted by molar-refractivity contribution is 0.104. The first-order valence-electron chi connectivity index (χ1n) is 9.14. The van der Waals surface area contributed by atoms with Crippen LogP contribution in [0.5, 0.6) is 5.75 Å². The summed E-state index contributed by atoms with van der Waals surface area (Å²) in [6.07, 6.45) is 3.29. The Balaban J connectivity index is 1.81. The number of halogens is 2. The van der Waals surface area contributed by atoms with E-state index >= 15 is 0 Å². The predicted molar refractivity (Wildman–Crippen MR) is 109 cm³/mol. The molecule has 0 aliphatic heterocycles. The molecule has 0 bridgehead atoms. The standard InChI is InChI=1S/C20H15ClFN5O4/c1-2-30-20(29)31-16-9-27(19-14(17(16)28)7-15(22)18(21)25-19)13-5-3-12(4-6-13)8-26-11-23-10-24-26/h3-7,9-11H,2,8H2,1H3. The Labute approximate surface area is 179 Å². The Morgan fingerprint density at radius 3 is 2.71 bits per heavy atom. The minimum absolute atomic E-state index is 0.0691. The van der Waals surface area contributed by atoms with Crippen LogP contribution in [0.3, 0.4) is 0 Å². The molecular formula is C20H15ClFN5O4. The van der Waals surface area contributed by atoms with E-state index in [-0.39, 0.29) is 28.5 Å². The van der Waals surface area contributed by atoms with Crippen molar-refractivity contribution in [2.24, 2.45) is 0 Å². The zero-order valence-electron chi connectivity index (χ0n) is 16.2. The van der Waals surface area contributed by atoms with Crippen LogP contribution in [0.15, 0.2) is 54.0 Å². The number of fused-ring (bicyclic) bond motifs is 1. The predicted octanol–water partition coefficient (Wildman–Crippen LogP) is 3.35. The van der Waals surface area contributed by atoms with Gasteiger partial charge in [-0.2, -0.15) is 5.10 Å². The molecule has 4 aromatic rings. The van der Waals surface area contributed by atoms with Crippen LogP contribution in [-0.2, 0) is 11.3 Å². The van der Waals surface area contributed by atoms with Crippen LogP contribution >= 0.6 is 11.6 Å². The third-order valence-corrected chi connectivity index (χ3v) is 4.60. The number of nitrogens with zero attached hydrogens (tertiary/aromatic N) is 5. The second-order valence-electron chi connectivity index (χ2n) is 6.37. The van der Waals surface area contributed by atoms with Gasteiger partial charge in [-0.1, -0.05) is 23.7 Å². The van der Waals surface area contributed by atoms with Gasteiger partial charge in [0.05, 0.1) is 24.7 Å². The molecule has 0 aliphatic carbocycles. The van der Waals surface area contributed by atoms with Crippen LogP contribution in [0, 0.1) is 5.82 Å². The van der Waals surface area contributed by atoms with Gasteiger partial charge in [0.2, 0.25) is 5.43 Å². The molecule has 0 spiro atoms. The molecule has 1 aromatic carbocycles. The van der Waals surface area contributed by atoms with Crippen molar-refractivity contribution in [2.45, 2.75) is 13.5 Å². The van der Waals surface area contributed by atoms with E-state index in [1.807, 2.05) is 12.1 Å². The number of benzene rings is 1. The molecule has 4 rings (SSSR count). The molecule has 0 radical (unpaired) electrons. The Kier molecular flexibility index (Phi) is 5.63. The molecule has 0 aliphatic rings. The van der Waals surface area contributed by atoms with E-state index in [9.17, 15) is 14.0 Å². The second-order valence-corrected chi connectivity index (χ2v) is 6.73. The van der Waals surface area contributed by atoms with Gasteiger partial charge in [-0.15, -0.1) is 0 Å². The highest BCUT2D eigenvalue weighted by molar-refractivity contribution is 6.29. The van der Waals surface area contributed by atoms with E-state index in [0.717, 1.165) is 11.6 Å². The zero-order valence-corrected chi connectivity index (χ0v) is 16.9. The smallest absolute Gasteiger partial charge is 0.434 e. The van der Waals surface area contributed by atoms with Crippen molar-refractivity contribution in [2.75, 3.05) is 6.61 Å². The second kappa shape index (κ2) is 8.52. The number of carbonyl (C=O) groups excluding carboxylic acids is 1. The quantitative estimate of drug-likeness (QED) is 0.344. The van der Waals surface area contributed by atoms with Gasteiger partial charge in [0, 0.05) is 5.69 Å². The first-order valence-corrected chi connectivity index (χ1v) is 9.51. The zero-order chi connectivity index (χ0) is 22.0. The third kappa shape index (κ3) is 4.24. The summed E-state index contributed by atoms with van der Waals surface area (Å²) < 4.78 is 26.9. The Morgan fingerprint density at radius 1 is 1.26 bits per heavy atom. The minimum atomic E-state index is -1.05. The van der Waals surface area contributed by atoms with E-state index in [1.54, 1.807) is 30.1 Å². The van der Waals surface area contributed by atoms with Crippen molar-refractivity contribution in [3.63, 3.8) is 0 Å². The summed E-state index contributed by atoms with van der Waals surface area (Å²) in [5.74, 6) is -1.20. The Hall–Kier alpha value is -3.79. The first kappa shape index (κ1) is 20.5. The van der Waals surface area contributed by atoms with Crippen molar-refractivity contribution in [3.05, 3.63) is 75.9 Å². The number of aromatic nitrogens is 5. The van der Waals surface area contributed by atoms with Crippen molar-refractivity contribution in [1.82, 2.24) is 24.3 Å². The van der Waals surface area contributed by atoms with Crippen LogP contribution in [0.1, 0.15) is 12.5 Å². The molecular weight excluding hydrogens is 429 g/mol. The van der Waals surface area contributed by atoms with Gasteiger partial charge in [0.1, 0.15) is 12.7 Å². The van der Waals surface area contributed by atoms with Gasteiger partial charge in [-0.3, -0.25) is 9.36 Å². The lowest BCUT2D eigenvalue weighted by Gasteiger charge is -2.14. The van der Waals surface area contributed by atoms with E-state index in [4.69, 9.17) is 21.1 Å². The molecule has 3 heterocycles. The molecule has 0 saturated carbocycles. The summed E-state index contributed by atoms with van der Waals surface area (Å²) in [5.41, 5.74) is 0.915. The molecule has 158 valence electrons. The fraction of sp³-hybridized carbons (Fsp3) is 0.150. The summed E-state index contributed by atoms with van der Waals surface area (Å²) in [6.45, 7) is 2.18. The number of ether oxygens (including phenoxy) is 2. The number of hydrogen-bond donors (Lipinski definition) is 0. The molecule has 0 fully saturated rings. The van der Waals surface area contributed by atoms with Crippen molar-refractivity contribution >= 4 is 28.8 Å². The molecule has 0 unspecified atom stereocenters. The van der Waals surface area contributed by atoms with Crippen molar-refractivity contribution in [3.8, 4) is 11.4 Å². The van der Waals surface area contributed by atoms with Crippen LogP contribution in [-0.4, -0.2) is 37.1 Å². The third-order valence-electron chi connectivity index (χ3n) is 4.34. The SMILES string of the molecule is CCOC(=O)Oc1cn(-c2ccc(Cn3cncn3)cc2)c2nc(Cl)c(F)cc2c1=O. The number of rotatable bonds is 5. The molecule has 31 heavy (non-hydrogen) atoms. The fourth-order valence-electron chi connectivity index (χ4n) is 2.95. The maximum atomic E-state index is 14.0. The van der Waals surface area contributed by atoms with E-state index < -0.39 is 17.4 Å². The van der Waals surface area contributed by atoms with Crippen LogP contribution in [0.4, 0.5) is 9.18 Å². The minimum Gasteiger partial charge on any atom is -0.434 e. The number of pyridine rings is 2. The lowest BCUT2D eigenvalue weighted by atomic mass is 10.2. The normalized spacial score (nSPS) is 10.9. The Morgan fingerprint density at radius 2 is 2.03 bits per heavy atom. The average molecular weight is 444 g/mol. The topological polar surface area (TPSA) is 101 Å². The summed E-state index contributed by atoms with van der Waals surface area (Å²) in [5, 5.41) is 3.57. The molecule has 9 nitrogen and oxygen atoms in total.